The normalized spacial score (nSPS) is 20.9. The molecule has 0 amide bonds. The quantitative estimate of drug-likeness (QED) is 0.896. The summed E-state index contributed by atoms with van der Waals surface area (Å²) in [5.41, 5.74) is 0.820. The van der Waals surface area contributed by atoms with E-state index in [-0.39, 0.29) is 18.8 Å². The van der Waals surface area contributed by atoms with Gasteiger partial charge < -0.3 is 5.11 Å². The molecule has 1 N–H and O–H groups in total. The summed E-state index contributed by atoms with van der Waals surface area (Å²) in [6, 6.07) is 7.55. The summed E-state index contributed by atoms with van der Waals surface area (Å²) in [6.45, 7) is 0. The van der Waals surface area contributed by atoms with E-state index < -0.39 is 12.0 Å². The van der Waals surface area contributed by atoms with E-state index in [0.717, 1.165) is 16.3 Å². The average molecular weight is 277 g/mol. The number of pyridine rings is 1. The van der Waals surface area contributed by atoms with Crippen LogP contribution in [0.2, 0.25) is 0 Å². The number of hydrogen-bond acceptors (Lipinski definition) is 2. The van der Waals surface area contributed by atoms with Gasteiger partial charge >= 0.3 is 0 Å². The highest BCUT2D eigenvalue weighted by Crippen LogP contribution is 2.42. The largest absolute Gasteiger partial charge is 0.388 e. The second-order valence-electron chi connectivity index (χ2n) is 5.58. The zero-order valence-electron chi connectivity index (χ0n) is 11.1. The predicted octanol–water partition coefficient (Wildman–Crippen LogP) is 4.09. The number of benzene rings is 1. The van der Waals surface area contributed by atoms with Crippen molar-refractivity contribution in [3.63, 3.8) is 0 Å². The molecule has 106 valence electrons. The lowest BCUT2D eigenvalue weighted by atomic mass is 9.80. The molecule has 0 bridgehead atoms. The smallest absolute Gasteiger partial charge is 0.248 e. The Hall–Kier alpha value is -1.55. The summed E-state index contributed by atoms with van der Waals surface area (Å²) >= 11 is 0. The van der Waals surface area contributed by atoms with Gasteiger partial charge in [0.1, 0.15) is 0 Å². The molecular weight excluding hydrogens is 260 g/mol. The third-order valence-corrected chi connectivity index (χ3v) is 4.24. The van der Waals surface area contributed by atoms with E-state index in [2.05, 4.69) is 4.98 Å². The predicted molar refractivity (Wildman–Crippen MR) is 73.6 cm³/mol. The molecule has 2 nitrogen and oxygen atoms in total. The maximum atomic E-state index is 13.2. The van der Waals surface area contributed by atoms with Crippen LogP contribution in [0.1, 0.15) is 37.4 Å². The first-order valence-corrected chi connectivity index (χ1v) is 6.95. The molecule has 1 aliphatic carbocycles. The summed E-state index contributed by atoms with van der Waals surface area (Å²) < 4.78 is 26.4. The van der Waals surface area contributed by atoms with Crippen molar-refractivity contribution in [3.8, 4) is 0 Å². The maximum absolute atomic E-state index is 13.2. The molecule has 3 rings (SSSR count). The Balaban J connectivity index is 1.88. The summed E-state index contributed by atoms with van der Waals surface area (Å²) in [4.78, 5) is 4.06. The highest BCUT2D eigenvalue weighted by Gasteiger charge is 2.37. The van der Waals surface area contributed by atoms with Crippen LogP contribution in [-0.2, 0) is 0 Å². The van der Waals surface area contributed by atoms with Crippen molar-refractivity contribution < 1.29 is 13.9 Å². The number of aromatic nitrogens is 1. The molecule has 0 radical (unpaired) electrons. The molecule has 4 heteroatoms. The first kappa shape index (κ1) is 13.4. The number of nitrogens with zero attached hydrogens (tertiary/aromatic N) is 1. The van der Waals surface area contributed by atoms with Crippen LogP contribution >= 0.6 is 0 Å². The van der Waals surface area contributed by atoms with Gasteiger partial charge in [-0.1, -0.05) is 18.2 Å². The fraction of sp³-hybridized carbons (Fsp3) is 0.438. The standard InChI is InChI=1S/C16H17F2NO/c17-16(18)7-4-11(5-8-16)15(20)14-3-1-2-12-10-19-9-6-13(12)14/h1-3,6,9-11,15,20H,4-5,7-8H2. The lowest BCUT2D eigenvalue weighted by Gasteiger charge is -2.31. The molecule has 1 aromatic heterocycles. The first-order valence-electron chi connectivity index (χ1n) is 6.95. The topological polar surface area (TPSA) is 33.1 Å². The van der Waals surface area contributed by atoms with Gasteiger partial charge in [-0.3, -0.25) is 4.98 Å². The second-order valence-corrected chi connectivity index (χ2v) is 5.58. The van der Waals surface area contributed by atoms with Crippen LogP contribution in [-0.4, -0.2) is 16.0 Å². The Morgan fingerprint density at radius 2 is 1.95 bits per heavy atom. The highest BCUT2D eigenvalue weighted by molar-refractivity contribution is 5.85. The van der Waals surface area contributed by atoms with Gasteiger partial charge in [-0.25, -0.2) is 8.78 Å². The highest BCUT2D eigenvalue weighted by atomic mass is 19.3. The van der Waals surface area contributed by atoms with Crippen LogP contribution in [0, 0.1) is 5.92 Å². The van der Waals surface area contributed by atoms with Gasteiger partial charge in [-0.05, 0) is 35.8 Å². The van der Waals surface area contributed by atoms with Gasteiger partial charge in [-0.2, -0.15) is 0 Å². The Labute approximate surface area is 116 Å². The Morgan fingerprint density at radius 3 is 2.70 bits per heavy atom. The molecule has 1 aliphatic rings. The summed E-state index contributed by atoms with van der Waals surface area (Å²) in [6.07, 6.45) is 3.25. The SMILES string of the molecule is OC(c1cccc2cnccc12)C1CCC(F)(F)CC1. The van der Waals surface area contributed by atoms with E-state index in [9.17, 15) is 13.9 Å². The first-order chi connectivity index (χ1) is 9.57. The fourth-order valence-corrected chi connectivity index (χ4v) is 3.04. The van der Waals surface area contributed by atoms with Crippen LogP contribution in [0.15, 0.2) is 36.7 Å². The average Bonchev–Trinajstić information content (AvgIpc) is 2.46. The molecule has 1 fully saturated rings. The third kappa shape index (κ3) is 2.52. The number of hydrogen-bond donors (Lipinski definition) is 1. The summed E-state index contributed by atoms with van der Waals surface area (Å²) in [5, 5.41) is 12.5. The van der Waals surface area contributed by atoms with Gasteiger partial charge in [0.2, 0.25) is 5.92 Å². The number of halogens is 2. The molecule has 1 aromatic carbocycles. The van der Waals surface area contributed by atoms with Crippen molar-refractivity contribution in [1.29, 1.82) is 0 Å². The minimum Gasteiger partial charge on any atom is -0.388 e. The zero-order valence-corrected chi connectivity index (χ0v) is 11.1. The van der Waals surface area contributed by atoms with E-state index in [1.165, 1.54) is 0 Å². The van der Waals surface area contributed by atoms with Crippen LogP contribution in [0.25, 0.3) is 10.8 Å². The van der Waals surface area contributed by atoms with E-state index >= 15 is 0 Å². The third-order valence-electron chi connectivity index (χ3n) is 4.24. The molecule has 1 heterocycles. The number of alkyl halides is 2. The van der Waals surface area contributed by atoms with Crippen molar-refractivity contribution in [2.24, 2.45) is 5.92 Å². The van der Waals surface area contributed by atoms with Crippen LogP contribution in [0.4, 0.5) is 8.78 Å². The van der Waals surface area contributed by atoms with Gasteiger partial charge in [0.25, 0.3) is 0 Å². The van der Waals surface area contributed by atoms with E-state index in [4.69, 9.17) is 0 Å². The molecule has 20 heavy (non-hydrogen) atoms. The summed E-state index contributed by atoms with van der Waals surface area (Å²) in [7, 11) is 0. The molecule has 0 aliphatic heterocycles. The number of fused-ring (bicyclic) bond motifs is 1. The molecule has 1 saturated carbocycles. The molecule has 0 saturated heterocycles. The Morgan fingerprint density at radius 1 is 1.20 bits per heavy atom. The van der Waals surface area contributed by atoms with Crippen molar-refractivity contribution in [2.75, 3.05) is 0 Å². The number of aliphatic hydroxyl groups is 1. The van der Waals surface area contributed by atoms with Crippen molar-refractivity contribution in [3.05, 3.63) is 42.2 Å². The van der Waals surface area contributed by atoms with Crippen LogP contribution in [0.5, 0.6) is 0 Å². The van der Waals surface area contributed by atoms with Crippen molar-refractivity contribution in [2.45, 2.75) is 37.7 Å². The molecule has 1 unspecified atom stereocenters. The summed E-state index contributed by atoms with van der Waals surface area (Å²) in [5.74, 6) is -2.65. The molecule has 2 aromatic rings. The zero-order chi connectivity index (χ0) is 14.2. The monoisotopic (exact) mass is 277 g/mol. The molecule has 0 spiro atoms. The minimum absolute atomic E-state index is 0.0895. The van der Waals surface area contributed by atoms with Gasteiger partial charge in [0, 0.05) is 30.6 Å². The van der Waals surface area contributed by atoms with E-state index in [1.807, 2.05) is 24.3 Å². The van der Waals surface area contributed by atoms with Gasteiger partial charge in [-0.15, -0.1) is 0 Å². The molecule has 1 atom stereocenters. The fourth-order valence-electron chi connectivity index (χ4n) is 3.04. The van der Waals surface area contributed by atoms with Crippen molar-refractivity contribution >= 4 is 10.8 Å². The minimum atomic E-state index is -2.56. The Bertz CT molecular complexity index is 599. The number of rotatable bonds is 2. The number of aliphatic hydroxyl groups excluding tert-OH is 1. The van der Waals surface area contributed by atoms with Crippen molar-refractivity contribution in [1.82, 2.24) is 4.98 Å². The van der Waals surface area contributed by atoms with Gasteiger partial charge in [0.05, 0.1) is 6.10 Å². The molecular formula is C16H17F2NO. The lowest BCUT2D eigenvalue weighted by Crippen LogP contribution is -2.27. The van der Waals surface area contributed by atoms with Crippen LogP contribution in [0.3, 0.4) is 0 Å². The second kappa shape index (κ2) is 5.09. The lowest BCUT2D eigenvalue weighted by molar-refractivity contribution is -0.0625. The van der Waals surface area contributed by atoms with E-state index in [1.54, 1.807) is 12.4 Å². The van der Waals surface area contributed by atoms with Gasteiger partial charge in [0.15, 0.2) is 0 Å². The van der Waals surface area contributed by atoms with Crippen LogP contribution < -0.4 is 0 Å². The maximum Gasteiger partial charge on any atom is 0.248 e. The van der Waals surface area contributed by atoms with E-state index in [0.29, 0.717) is 12.8 Å². The Kier molecular flexibility index (Phi) is 3.42.